The molecule has 2 saturated carbocycles. The normalized spacial score (nSPS) is 28.7. The average molecular weight is 694 g/mol. The lowest BCUT2D eigenvalue weighted by Gasteiger charge is -2.30. The number of alkyl halides is 2. The summed E-state index contributed by atoms with van der Waals surface area (Å²) in [6.07, 6.45) is 3.06. The summed E-state index contributed by atoms with van der Waals surface area (Å²) >= 11 is 4.91. The molecule has 0 aromatic heterocycles. The number of nitrogens with one attached hydrogen (secondary N) is 1. The van der Waals surface area contributed by atoms with Crippen molar-refractivity contribution < 1.29 is 14.3 Å². The first-order chi connectivity index (χ1) is 16.7. The Bertz CT molecular complexity index is 1300. The number of carbonyl (C=O) groups excluding carboxylic acids is 2. The number of carbonyl (C=O) groups is 2. The van der Waals surface area contributed by atoms with Crippen LogP contribution in [0.1, 0.15) is 54.6 Å². The van der Waals surface area contributed by atoms with Gasteiger partial charge in [0, 0.05) is 11.6 Å². The number of hydrogen-bond acceptors (Lipinski definition) is 3. The summed E-state index contributed by atoms with van der Waals surface area (Å²) in [6, 6.07) is 14.5. The van der Waals surface area contributed by atoms with Crippen molar-refractivity contribution in [3.8, 4) is 11.1 Å². The van der Waals surface area contributed by atoms with E-state index in [0.717, 1.165) is 30.6 Å². The molecule has 7 heteroatoms. The summed E-state index contributed by atoms with van der Waals surface area (Å²) in [5.74, 6) is 1.21. The maximum absolute atomic E-state index is 13.4. The van der Waals surface area contributed by atoms with Gasteiger partial charge in [-0.1, -0.05) is 89.4 Å². The van der Waals surface area contributed by atoms with Gasteiger partial charge in [-0.3, -0.25) is 9.59 Å². The molecule has 1 aliphatic heterocycles. The van der Waals surface area contributed by atoms with Gasteiger partial charge in [0.25, 0.3) is 5.91 Å². The summed E-state index contributed by atoms with van der Waals surface area (Å²) in [7, 11) is 1.72. The number of benzene rings is 2. The van der Waals surface area contributed by atoms with Gasteiger partial charge in [-0.25, -0.2) is 0 Å². The highest BCUT2D eigenvalue weighted by Crippen LogP contribution is 2.65. The zero-order valence-corrected chi connectivity index (χ0v) is 24.3. The zero-order chi connectivity index (χ0) is 24.7. The molecule has 1 heterocycles. The highest BCUT2D eigenvalue weighted by atomic mass is 127. The minimum atomic E-state index is -0.226. The van der Waals surface area contributed by atoms with Crippen LogP contribution in [0, 0.1) is 11.3 Å². The van der Waals surface area contributed by atoms with E-state index in [1.165, 1.54) is 22.3 Å². The predicted octanol–water partition coefficient (Wildman–Crippen LogP) is 5.79. The molecule has 1 saturated heterocycles. The summed E-state index contributed by atoms with van der Waals surface area (Å²) < 4.78 is 5.54. The second kappa shape index (κ2) is 8.19. The molecule has 3 fully saturated rings. The van der Waals surface area contributed by atoms with Crippen LogP contribution in [-0.2, 0) is 11.0 Å². The van der Waals surface area contributed by atoms with Crippen LogP contribution in [0.2, 0.25) is 0 Å². The fraction of sp³-hybridized carbons (Fsp3) is 0.429. The molecule has 2 amide bonds. The van der Waals surface area contributed by atoms with Crippen molar-refractivity contribution in [2.75, 3.05) is 13.7 Å². The third-order valence-electron chi connectivity index (χ3n) is 8.58. The number of allylic oxidation sites excluding steroid dienone is 1. The van der Waals surface area contributed by atoms with Gasteiger partial charge in [0.15, 0.2) is 0 Å². The van der Waals surface area contributed by atoms with Crippen LogP contribution in [0.4, 0.5) is 0 Å². The number of fused-ring (bicyclic) bond motifs is 4. The molecule has 0 radical (unpaired) electrons. The van der Waals surface area contributed by atoms with Crippen molar-refractivity contribution in [1.29, 1.82) is 0 Å². The number of hydrogen-bond donors (Lipinski definition) is 1. The van der Waals surface area contributed by atoms with Crippen molar-refractivity contribution in [2.24, 2.45) is 11.3 Å². The summed E-state index contributed by atoms with van der Waals surface area (Å²) in [4.78, 5) is 28.6. The number of likely N-dealkylation sites (tertiary alicyclic amines) is 1. The second-order valence-corrected chi connectivity index (χ2v) is 15.8. The number of amides is 2. The molecule has 2 aromatic carbocycles. The maximum atomic E-state index is 13.4. The Morgan fingerprint density at radius 1 is 1.11 bits per heavy atom. The minimum absolute atomic E-state index is 0.00210. The number of halogens is 2. The SMILES string of the molecule is COC(=C1CC1)[C@@H]1C[C@]2(C)[C@H](C)[C@@H]2N1C(=O)CNC(=O)c1ccc2c(c1)C(I)(I)c1ccccc1-2. The van der Waals surface area contributed by atoms with E-state index in [1.54, 1.807) is 7.11 Å². The molecule has 2 aromatic rings. The van der Waals surface area contributed by atoms with E-state index in [0.29, 0.717) is 11.5 Å². The van der Waals surface area contributed by atoms with E-state index in [2.05, 4.69) is 88.6 Å². The Morgan fingerprint density at radius 2 is 1.83 bits per heavy atom. The Labute approximate surface area is 233 Å². The fourth-order valence-electron chi connectivity index (χ4n) is 6.38. The summed E-state index contributed by atoms with van der Waals surface area (Å²) in [5, 5.41) is 2.91. The summed E-state index contributed by atoms with van der Waals surface area (Å²) in [5.41, 5.74) is 6.82. The lowest BCUT2D eigenvalue weighted by molar-refractivity contribution is -0.132. The summed E-state index contributed by atoms with van der Waals surface area (Å²) in [6.45, 7) is 4.49. The molecular weight excluding hydrogens is 666 g/mol. The molecule has 35 heavy (non-hydrogen) atoms. The Kier molecular flexibility index (Phi) is 5.56. The van der Waals surface area contributed by atoms with E-state index >= 15 is 0 Å². The van der Waals surface area contributed by atoms with Crippen LogP contribution in [-0.4, -0.2) is 42.5 Å². The van der Waals surface area contributed by atoms with E-state index in [9.17, 15) is 9.59 Å². The molecule has 4 atom stereocenters. The van der Waals surface area contributed by atoms with E-state index < -0.39 is 0 Å². The topological polar surface area (TPSA) is 58.6 Å². The quantitative estimate of drug-likeness (QED) is 0.245. The molecule has 3 aliphatic carbocycles. The molecule has 182 valence electrons. The van der Waals surface area contributed by atoms with Crippen LogP contribution in [0.5, 0.6) is 0 Å². The highest BCUT2D eigenvalue weighted by molar-refractivity contribution is 14.2. The second-order valence-electron chi connectivity index (χ2n) is 10.5. The van der Waals surface area contributed by atoms with Gasteiger partial charge in [0.05, 0.1) is 19.7 Å². The van der Waals surface area contributed by atoms with Gasteiger partial charge in [-0.2, -0.15) is 0 Å². The van der Waals surface area contributed by atoms with Crippen molar-refractivity contribution in [2.45, 2.75) is 46.6 Å². The van der Waals surface area contributed by atoms with E-state index in [4.69, 9.17) is 4.74 Å². The van der Waals surface area contributed by atoms with Gasteiger partial charge >= 0.3 is 0 Å². The number of nitrogens with zero attached hydrogens (tertiary/aromatic N) is 1. The maximum Gasteiger partial charge on any atom is 0.251 e. The van der Waals surface area contributed by atoms with Crippen LogP contribution < -0.4 is 5.32 Å². The first-order valence-electron chi connectivity index (χ1n) is 12.2. The van der Waals surface area contributed by atoms with Gasteiger partial charge in [-0.05, 0) is 70.6 Å². The van der Waals surface area contributed by atoms with Crippen molar-refractivity contribution in [3.63, 3.8) is 0 Å². The predicted molar refractivity (Wildman–Crippen MR) is 153 cm³/mol. The first-order valence-corrected chi connectivity index (χ1v) is 14.3. The largest absolute Gasteiger partial charge is 0.499 e. The van der Waals surface area contributed by atoms with Crippen LogP contribution in [0.25, 0.3) is 11.1 Å². The van der Waals surface area contributed by atoms with E-state index in [-0.39, 0.29) is 37.3 Å². The lowest BCUT2D eigenvalue weighted by atomic mass is 9.97. The molecule has 0 bridgehead atoms. The van der Waals surface area contributed by atoms with Gasteiger partial charge in [0.2, 0.25) is 5.91 Å². The van der Waals surface area contributed by atoms with Crippen LogP contribution >= 0.6 is 45.2 Å². The third-order valence-corrected chi connectivity index (χ3v) is 10.9. The third kappa shape index (κ3) is 3.58. The molecule has 4 aliphatic rings. The molecule has 0 unspecified atom stereocenters. The van der Waals surface area contributed by atoms with Crippen molar-refractivity contribution >= 4 is 57.0 Å². The first kappa shape index (κ1) is 23.8. The van der Waals surface area contributed by atoms with Crippen molar-refractivity contribution in [1.82, 2.24) is 10.2 Å². The zero-order valence-electron chi connectivity index (χ0n) is 20.0. The monoisotopic (exact) mass is 694 g/mol. The van der Waals surface area contributed by atoms with Crippen LogP contribution in [0.15, 0.2) is 53.8 Å². The average Bonchev–Trinajstić information content (AvgIpc) is 3.72. The Morgan fingerprint density at radius 3 is 2.54 bits per heavy atom. The number of piperidine rings is 1. The van der Waals surface area contributed by atoms with Crippen LogP contribution in [0.3, 0.4) is 0 Å². The molecule has 0 spiro atoms. The Balaban J connectivity index is 1.20. The molecular formula is C28H28I2N2O3. The fourth-order valence-corrected chi connectivity index (χ4v) is 8.21. The Hall–Kier alpha value is -1.62. The van der Waals surface area contributed by atoms with E-state index in [1.807, 2.05) is 23.1 Å². The smallest absolute Gasteiger partial charge is 0.251 e. The molecule has 5 nitrogen and oxygen atoms in total. The van der Waals surface area contributed by atoms with Crippen molar-refractivity contribution in [3.05, 3.63) is 70.5 Å². The standard InChI is InChI=1S/C28H28I2N2O3/c1-15-25-27(15,2)13-22(24(35-3)16-8-9-16)32(25)23(33)14-31-26(34)17-10-11-19-18-6-4-5-7-20(18)28(29,30)21(19)12-17/h4-7,10-12,15,22,25H,8-9,13-14H2,1-3H3,(H,31,34)/t15-,22+,25+,27-/m1/s1. The van der Waals surface area contributed by atoms with Gasteiger partial charge < -0.3 is 15.0 Å². The molecule has 1 N–H and O–H groups in total. The number of rotatable bonds is 5. The van der Waals surface area contributed by atoms with Gasteiger partial charge in [-0.15, -0.1) is 0 Å². The lowest BCUT2D eigenvalue weighted by Crippen LogP contribution is -2.46. The number of methoxy groups -OCH3 is 1. The number of ether oxygens (including phenoxy) is 1. The minimum Gasteiger partial charge on any atom is -0.499 e. The highest BCUT2D eigenvalue weighted by Gasteiger charge is 2.69. The molecule has 6 rings (SSSR count). The van der Waals surface area contributed by atoms with Gasteiger partial charge in [0.1, 0.15) is 7.19 Å².